The molecule has 0 aliphatic rings. The van der Waals surface area contributed by atoms with E-state index in [0.717, 1.165) is 11.3 Å². The Morgan fingerprint density at radius 1 is 1.17 bits per heavy atom. The fraction of sp³-hybridized carbons (Fsp3) is 0.200. The summed E-state index contributed by atoms with van der Waals surface area (Å²) >= 11 is 1.78. The number of pyridine rings is 1. The molecule has 2 nitrogen and oxygen atoms in total. The molecule has 2 rings (SSSR count). The second-order valence-electron chi connectivity index (χ2n) is 4.20. The number of nitrogens with zero attached hydrogens (tertiary/aromatic N) is 2. The third-order valence-corrected chi connectivity index (χ3v) is 3.89. The van der Waals surface area contributed by atoms with Gasteiger partial charge in [0.25, 0.3) is 0 Å². The lowest BCUT2D eigenvalue weighted by atomic mass is 10.1. The first kappa shape index (κ1) is 12.7. The molecule has 0 aliphatic heterocycles. The average molecular weight is 254 g/mol. The number of benzene rings is 1. The number of hydrogen-bond donors (Lipinski definition) is 0. The smallest absolute Gasteiger partial charge is 0.140 e. The van der Waals surface area contributed by atoms with Crippen LogP contribution in [0.15, 0.2) is 41.4 Å². The van der Waals surface area contributed by atoms with Crippen LogP contribution in [0.4, 0.5) is 0 Å². The molecule has 0 spiro atoms. The maximum absolute atomic E-state index is 8.79. The molecule has 0 saturated heterocycles. The zero-order valence-corrected chi connectivity index (χ0v) is 11.3. The average Bonchev–Trinajstić information content (AvgIpc) is 2.40. The third kappa shape index (κ3) is 3.12. The van der Waals surface area contributed by atoms with Gasteiger partial charge < -0.3 is 0 Å². The van der Waals surface area contributed by atoms with E-state index in [4.69, 9.17) is 5.26 Å². The fourth-order valence-corrected chi connectivity index (χ4v) is 2.53. The molecule has 3 heteroatoms. The lowest BCUT2D eigenvalue weighted by Crippen LogP contribution is -1.87. The van der Waals surface area contributed by atoms with E-state index in [1.807, 2.05) is 12.1 Å². The van der Waals surface area contributed by atoms with Gasteiger partial charge in [0.1, 0.15) is 11.8 Å². The maximum Gasteiger partial charge on any atom is 0.140 e. The van der Waals surface area contributed by atoms with Crippen LogP contribution in [0, 0.1) is 25.2 Å². The van der Waals surface area contributed by atoms with Crippen molar-refractivity contribution in [2.75, 3.05) is 0 Å². The van der Waals surface area contributed by atoms with Crippen molar-refractivity contribution in [1.82, 2.24) is 4.98 Å². The van der Waals surface area contributed by atoms with E-state index in [0.29, 0.717) is 5.69 Å². The topological polar surface area (TPSA) is 36.7 Å². The normalized spacial score (nSPS) is 10.1. The minimum atomic E-state index is 0.480. The van der Waals surface area contributed by atoms with E-state index in [1.165, 1.54) is 16.0 Å². The van der Waals surface area contributed by atoms with Gasteiger partial charge in [-0.05, 0) is 54.8 Å². The molecule has 0 unspecified atom stereocenters. The second-order valence-corrected chi connectivity index (χ2v) is 5.24. The molecule has 1 aromatic heterocycles. The molecule has 1 aromatic carbocycles. The Bertz CT molecular complexity index is 600. The van der Waals surface area contributed by atoms with Crippen LogP contribution >= 0.6 is 11.8 Å². The molecule has 0 N–H and O–H groups in total. The van der Waals surface area contributed by atoms with Gasteiger partial charge in [-0.25, -0.2) is 4.98 Å². The summed E-state index contributed by atoms with van der Waals surface area (Å²) in [6, 6.07) is 12.3. The molecule has 0 amide bonds. The van der Waals surface area contributed by atoms with E-state index in [9.17, 15) is 0 Å². The highest BCUT2D eigenvalue weighted by atomic mass is 32.2. The monoisotopic (exact) mass is 254 g/mol. The van der Waals surface area contributed by atoms with E-state index in [2.05, 4.69) is 43.1 Å². The van der Waals surface area contributed by atoms with E-state index < -0.39 is 0 Å². The molecular weight excluding hydrogens is 240 g/mol. The van der Waals surface area contributed by atoms with Gasteiger partial charge in [0.15, 0.2) is 0 Å². The number of nitriles is 1. The van der Waals surface area contributed by atoms with Gasteiger partial charge in [-0.1, -0.05) is 6.07 Å². The van der Waals surface area contributed by atoms with Gasteiger partial charge in [0.2, 0.25) is 0 Å². The fourth-order valence-electron chi connectivity index (χ4n) is 1.60. The van der Waals surface area contributed by atoms with Crippen molar-refractivity contribution >= 4 is 11.8 Å². The Morgan fingerprint density at radius 3 is 2.72 bits per heavy atom. The van der Waals surface area contributed by atoms with E-state index >= 15 is 0 Å². The number of thioether (sulfide) groups is 1. The molecule has 1 heterocycles. The summed E-state index contributed by atoms with van der Waals surface area (Å²) in [7, 11) is 0. The Labute approximate surface area is 112 Å². The number of aryl methyl sites for hydroxylation is 2. The predicted octanol–water partition coefficient (Wildman–Crippen LogP) is 3.86. The van der Waals surface area contributed by atoms with Crippen molar-refractivity contribution in [1.29, 1.82) is 5.26 Å². The lowest BCUT2D eigenvalue weighted by Gasteiger charge is -2.05. The highest BCUT2D eigenvalue weighted by Gasteiger charge is 2.00. The van der Waals surface area contributed by atoms with Gasteiger partial charge in [-0.3, -0.25) is 0 Å². The molecule has 0 fully saturated rings. The highest BCUT2D eigenvalue weighted by molar-refractivity contribution is 7.98. The molecule has 2 aromatic rings. The molecule has 0 bridgehead atoms. The van der Waals surface area contributed by atoms with Gasteiger partial charge in [0.05, 0.1) is 0 Å². The standard InChI is InChI=1S/C15H14N2S/c1-11-3-4-15(7-12(11)2)18-10-13-5-6-17-14(8-13)9-16/h3-8H,10H2,1-2H3. The van der Waals surface area contributed by atoms with Crippen LogP contribution in [0.25, 0.3) is 0 Å². The van der Waals surface area contributed by atoms with Crippen molar-refractivity contribution in [3.8, 4) is 6.07 Å². The van der Waals surface area contributed by atoms with Crippen LogP contribution in [0.2, 0.25) is 0 Å². The minimum Gasteiger partial charge on any atom is -0.246 e. The highest BCUT2D eigenvalue weighted by Crippen LogP contribution is 2.24. The molecule has 0 radical (unpaired) electrons. The quantitative estimate of drug-likeness (QED) is 0.780. The van der Waals surface area contributed by atoms with Crippen molar-refractivity contribution in [2.24, 2.45) is 0 Å². The van der Waals surface area contributed by atoms with Crippen LogP contribution in [0.1, 0.15) is 22.4 Å². The van der Waals surface area contributed by atoms with Crippen LogP contribution in [-0.2, 0) is 5.75 Å². The molecule has 18 heavy (non-hydrogen) atoms. The first-order chi connectivity index (χ1) is 8.69. The summed E-state index contributed by atoms with van der Waals surface area (Å²) in [5.41, 5.74) is 4.24. The minimum absolute atomic E-state index is 0.480. The van der Waals surface area contributed by atoms with Crippen molar-refractivity contribution < 1.29 is 0 Å². The molecule has 90 valence electrons. The van der Waals surface area contributed by atoms with Gasteiger partial charge in [0, 0.05) is 16.8 Å². The summed E-state index contributed by atoms with van der Waals surface area (Å²) in [5.74, 6) is 0.861. The molecule has 0 aliphatic carbocycles. The zero-order valence-electron chi connectivity index (χ0n) is 10.5. The lowest BCUT2D eigenvalue weighted by molar-refractivity contribution is 1.22. The van der Waals surface area contributed by atoms with Crippen LogP contribution in [0.5, 0.6) is 0 Å². The first-order valence-corrected chi connectivity index (χ1v) is 6.72. The number of aromatic nitrogens is 1. The zero-order chi connectivity index (χ0) is 13.0. The number of hydrogen-bond acceptors (Lipinski definition) is 3. The Morgan fingerprint density at radius 2 is 2.00 bits per heavy atom. The third-order valence-electron chi connectivity index (χ3n) is 2.82. The predicted molar refractivity (Wildman–Crippen MR) is 74.4 cm³/mol. The second kappa shape index (κ2) is 5.70. The summed E-state index contributed by atoms with van der Waals surface area (Å²) in [4.78, 5) is 5.23. The first-order valence-electron chi connectivity index (χ1n) is 5.74. The van der Waals surface area contributed by atoms with Crippen molar-refractivity contribution in [2.45, 2.75) is 24.5 Å². The molecular formula is C15H14N2S. The van der Waals surface area contributed by atoms with Gasteiger partial charge >= 0.3 is 0 Å². The number of rotatable bonds is 3. The maximum atomic E-state index is 8.79. The molecule has 0 atom stereocenters. The Kier molecular flexibility index (Phi) is 4.01. The van der Waals surface area contributed by atoms with Crippen molar-refractivity contribution in [3.63, 3.8) is 0 Å². The van der Waals surface area contributed by atoms with E-state index in [-0.39, 0.29) is 0 Å². The van der Waals surface area contributed by atoms with Crippen LogP contribution in [0.3, 0.4) is 0 Å². The van der Waals surface area contributed by atoms with Crippen molar-refractivity contribution in [3.05, 3.63) is 58.9 Å². The largest absolute Gasteiger partial charge is 0.246 e. The Balaban J connectivity index is 2.07. The van der Waals surface area contributed by atoms with Crippen LogP contribution in [-0.4, -0.2) is 4.98 Å². The SMILES string of the molecule is Cc1ccc(SCc2ccnc(C#N)c2)cc1C. The molecule has 0 saturated carbocycles. The summed E-state index contributed by atoms with van der Waals surface area (Å²) in [5, 5.41) is 8.79. The summed E-state index contributed by atoms with van der Waals surface area (Å²) in [6.45, 7) is 4.24. The summed E-state index contributed by atoms with van der Waals surface area (Å²) < 4.78 is 0. The van der Waals surface area contributed by atoms with E-state index in [1.54, 1.807) is 18.0 Å². The van der Waals surface area contributed by atoms with Gasteiger partial charge in [-0.2, -0.15) is 5.26 Å². The van der Waals surface area contributed by atoms with Crippen LogP contribution < -0.4 is 0 Å². The van der Waals surface area contributed by atoms with Gasteiger partial charge in [-0.15, -0.1) is 11.8 Å². The summed E-state index contributed by atoms with van der Waals surface area (Å²) in [6.07, 6.45) is 1.69. The Hall–Kier alpha value is -1.79.